The fourth-order valence-corrected chi connectivity index (χ4v) is 4.21. The third-order valence-electron chi connectivity index (χ3n) is 5.62. The highest BCUT2D eigenvalue weighted by molar-refractivity contribution is 6.39. The summed E-state index contributed by atoms with van der Waals surface area (Å²) in [5.74, 6) is 4.57. The monoisotopic (exact) mass is 638 g/mol. The molecule has 10 heteroatoms. The van der Waals surface area contributed by atoms with Crippen LogP contribution in [0, 0.1) is 0 Å². The van der Waals surface area contributed by atoms with Crippen LogP contribution < -0.4 is 42.4 Å². The Morgan fingerprint density at radius 1 is 0.326 bits per heavy atom. The average Bonchev–Trinajstić information content (AvgIpc) is 2.91. The van der Waals surface area contributed by atoms with E-state index in [2.05, 4.69) is 0 Å². The van der Waals surface area contributed by atoms with Gasteiger partial charge in [-0.15, -0.1) is 0 Å². The number of rotatable bonds is 18. The molecule has 46 heavy (non-hydrogen) atoms. The quantitative estimate of drug-likeness (QED) is 0.127. The molecular weight excluding hydrogens is 587 g/mol. The van der Waals surface area contributed by atoms with Crippen molar-refractivity contribution in [3.63, 3.8) is 0 Å². The molecular formula is C36H51BO9. The Morgan fingerprint density at radius 2 is 0.565 bits per heavy atom. The summed E-state index contributed by atoms with van der Waals surface area (Å²) in [5, 5.41) is 0. The van der Waals surface area contributed by atoms with Gasteiger partial charge in [-0.3, -0.25) is 0 Å². The number of hydrogen-bond acceptors (Lipinski definition) is 9. The lowest BCUT2D eigenvalue weighted by molar-refractivity contribution is 0.208. The molecule has 0 aliphatic carbocycles. The summed E-state index contributed by atoms with van der Waals surface area (Å²) in [5.41, 5.74) is 0. The standard InChI is InChI=1S/C36H51BO9/c1-22(2)38-28-13-16-31(34(19-28)41-25(7)8)44-37(45-32-17-14-29(39-23(3)4)20-35(32)42-26(9)10)46-33-18-15-30(40-24(5)6)21-36(33)43-27(11)12/h13-27H,1-12H3. The molecule has 0 aromatic heterocycles. The SMILES string of the molecule is CC(C)Oc1ccc(OB(Oc2ccc(OC(C)C)cc2OC(C)C)Oc2ccc(OC(C)C)cc2OC(C)C)c(OC(C)C)c1. The smallest absolute Gasteiger partial charge is 0.491 e. The average molecular weight is 639 g/mol. The van der Waals surface area contributed by atoms with E-state index in [1.54, 1.807) is 36.4 Å². The molecule has 0 N–H and O–H groups in total. The fourth-order valence-electron chi connectivity index (χ4n) is 4.21. The normalized spacial score (nSPS) is 11.3. The van der Waals surface area contributed by atoms with Crippen molar-refractivity contribution in [2.45, 2.75) is 120 Å². The van der Waals surface area contributed by atoms with E-state index < -0.39 is 7.32 Å². The lowest BCUT2D eigenvalue weighted by atomic mass is 10.1. The first-order chi connectivity index (χ1) is 21.7. The summed E-state index contributed by atoms with van der Waals surface area (Å²) in [4.78, 5) is 0. The van der Waals surface area contributed by atoms with Crippen LogP contribution in [-0.2, 0) is 0 Å². The Morgan fingerprint density at radius 3 is 0.783 bits per heavy atom. The predicted octanol–water partition coefficient (Wildman–Crippen LogP) is 8.93. The van der Waals surface area contributed by atoms with Crippen molar-refractivity contribution in [3.8, 4) is 51.7 Å². The molecule has 0 spiro atoms. The second-order valence-electron chi connectivity index (χ2n) is 12.5. The maximum atomic E-state index is 6.43. The van der Waals surface area contributed by atoms with Gasteiger partial charge < -0.3 is 42.4 Å². The molecule has 0 radical (unpaired) electrons. The van der Waals surface area contributed by atoms with Crippen LogP contribution in [0.25, 0.3) is 0 Å². The molecule has 3 rings (SSSR count). The fraction of sp³-hybridized carbons (Fsp3) is 0.500. The summed E-state index contributed by atoms with van der Waals surface area (Å²) < 4.78 is 55.4. The zero-order valence-electron chi connectivity index (χ0n) is 29.4. The summed E-state index contributed by atoms with van der Waals surface area (Å²) in [6, 6.07) is 16.1. The van der Waals surface area contributed by atoms with Gasteiger partial charge in [-0.05, 0) is 119 Å². The van der Waals surface area contributed by atoms with Crippen molar-refractivity contribution in [1.82, 2.24) is 0 Å². The first-order valence-corrected chi connectivity index (χ1v) is 16.1. The van der Waals surface area contributed by atoms with Crippen LogP contribution in [-0.4, -0.2) is 43.9 Å². The van der Waals surface area contributed by atoms with E-state index in [4.69, 9.17) is 42.4 Å². The van der Waals surface area contributed by atoms with Crippen LogP contribution in [0.5, 0.6) is 51.7 Å². The van der Waals surface area contributed by atoms with Gasteiger partial charge in [0.1, 0.15) is 34.5 Å². The summed E-state index contributed by atoms with van der Waals surface area (Å²) in [6.07, 6.45) is -0.422. The molecule has 3 aromatic rings. The van der Waals surface area contributed by atoms with Crippen LogP contribution in [0.2, 0.25) is 0 Å². The number of benzene rings is 3. The van der Waals surface area contributed by atoms with E-state index >= 15 is 0 Å². The van der Waals surface area contributed by atoms with Crippen LogP contribution >= 0.6 is 0 Å². The highest BCUT2D eigenvalue weighted by atomic mass is 16.7. The van der Waals surface area contributed by atoms with Gasteiger partial charge >= 0.3 is 7.32 Å². The molecule has 0 saturated carbocycles. The highest BCUT2D eigenvalue weighted by Crippen LogP contribution is 2.38. The third-order valence-corrected chi connectivity index (χ3v) is 5.62. The van der Waals surface area contributed by atoms with Crippen molar-refractivity contribution in [2.75, 3.05) is 0 Å². The van der Waals surface area contributed by atoms with E-state index in [-0.39, 0.29) is 36.6 Å². The predicted molar refractivity (Wildman–Crippen MR) is 182 cm³/mol. The number of hydrogen-bond donors (Lipinski definition) is 0. The van der Waals surface area contributed by atoms with Crippen LogP contribution in [0.15, 0.2) is 54.6 Å². The minimum Gasteiger partial charge on any atom is -0.491 e. The molecule has 0 atom stereocenters. The van der Waals surface area contributed by atoms with Gasteiger partial charge in [-0.2, -0.15) is 0 Å². The minimum absolute atomic E-state index is 0.0119. The molecule has 0 aliphatic heterocycles. The molecule has 9 nitrogen and oxygen atoms in total. The summed E-state index contributed by atoms with van der Waals surface area (Å²) in [6.45, 7) is 23.4. The molecule has 0 heterocycles. The largest absolute Gasteiger partial charge is 0.864 e. The van der Waals surface area contributed by atoms with E-state index in [0.29, 0.717) is 51.7 Å². The van der Waals surface area contributed by atoms with Gasteiger partial charge in [-0.25, -0.2) is 0 Å². The molecule has 0 bridgehead atoms. The van der Waals surface area contributed by atoms with Gasteiger partial charge in [0.25, 0.3) is 0 Å². The van der Waals surface area contributed by atoms with Crippen molar-refractivity contribution >= 4 is 7.32 Å². The Bertz CT molecular complexity index is 1210. The lowest BCUT2D eigenvalue weighted by Crippen LogP contribution is -2.37. The summed E-state index contributed by atoms with van der Waals surface area (Å²) in [7, 11) is -1.30. The number of ether oxygens (including phenoxy) is 6. The van der Waals surface area contributed by atoms with Crippen molar-refractivity contribution in [2.24, 2.45) is 0 Å². The molecule has 0 fully saturated rings. The molecule has 0 aliphatic rings. The van der Waals surface area contributed by atoms with E-state index in [9.17, 15) is 0 Å². The molecule has 0 saturated heterocycles. The molecule has 0 unspecified atom stereocenters. The van der Waals surface area contributed by atoms with Gasteiger partial charge in [0.05, 0.1) is 36.6 Å². The molecule has 252 valence electrons. The topological polar surface area (TPSA) is 83.1 Å². The van der Waals surface area contributed by atoms with Crippen LogP contribution in [0.1, 0.15) is 83.1 Å². The van der Waals surface area contributed by atoms with Crippen LogP contribution in [0.3, 0.4) is 0 Å². The summed E-state index contributed by atoms with van der Waals surface area (Å²) >= 11 is 0. The van der Waals surface area contributed by atoms with Crippen molar-refractivity contribution in [1.29, 1.82) is 0 Å². The van der Waals surface area contributed by atoms with Gasteiger partial charge in [0, 0.05) is 18.2 Å². The van der Waals surface area contributed by atoms with Gasteiger partial charge in [0.2, 0.25) is 0 Å². The molecule has 0 amide bonds. The van der Waals surface area contributed by atoms with Crippen molar-refractivity contribution < 1.29 is 42.4 Å². The van der Waals surface area contributed by atoms with E-state index in [1.165, 1.54) is 0 Å². The maximum absolute atomic E-state index is 6.43. The highest BCUT2D eigenvalue weighted by Gasteiger charge is 2.34. The van der Waals surface area contributed by atoms with E-state index in [0.717, 1.165) is 0 Å². The van der Waals surface area contributed by atoms with Crippen LogP contribution in [0.4, 0.5) is 0 Å². The third kappa shape index (κ3) is 12.0. The Balaban J connectivity index is 2.09. The van der Waals surface area contributed by atoms with E-state index in [1.807, 2.05) is 101 Å². The lowest BCUT2D eigenvalue weighted by Gasteiger charge is -2.23. The Labute approximate surface area is 275 Å². The molecule has 3 aromatic carbocycles. The maximum Gasteiger partial charge on any atom is 0.864 e. The Hall–Kier alpha value is -4.08. The second-order valence-corrected chi connectivity index (χ2v) is 12.5. The van der Waals surface area contributed by atoms with Gasteiger partial charge in [0.15, 0.2) is 17.2 Å². The van der Waals surface area contributed by atoms with Gasteiger partial charge in [-0.1, -0.05) is 0 Å². The minimum atomic E-state index is -1.30. The zero-order chi connectivity index (χ0) is 34.0. The first kappa shape index (κ1) is 36.4. The van der Waals surface area contributed by atoms with Crippen molar-refractivity contribution in [3.05, 3.63) is 54.6 Å². The Kier molecular flexibility index (Phi) is 13.5. The zero-order valence-corrected chi connectivity index (χ0v) is 29.4. The second kappa shape index (κ2) is 17.0. The first-order valence-electron chi connectivity index (χ1n) is 16.1.